The Labute approximate surface area is 172 Å². The van der Waals surface area contributed by atoms with E-state index < -0.39 is 0 Å². The molecule has 0 radical (unpaired) electrons. The van der Waals surface area contributed by atoms with Gasteiger partial charge in [-0.05, 0) is 49.1 Å². The highest BCUT2D eigenvalue weighted by Crippen LogP contribution is 2.29. The van der Waals surface area contributed by atoms with E-state index in [0.29, 0.717) is 30.9 Å². The van der Waals surface area contributed by atoms with Crippen LogP contribution in [0.3, 0.4) is 0 Å². The van der Waals surface area contributed by atoms with Crippen LogP contribution < -0.4 is 5.56 Å². The van der Waals surface area contributed by atoms with Gasteiger partial charge < -0.3 is 4.90 Å². The van der Waals surface area contributed by atoms with Crippen molar-refractivity contribution in [3.8, 4) is 0 Å². The van der Waals surface area contributed by atoms with E-state index >= 15 is 0 Å². The lowest BCUT2D eigenvalue weighted by molar-refractivity contribution is -0.132. The second-order valence-electron chi connectivity index (χ2n) is 7.35. The van der Waals surface area contributed by atoms with Gasteiger partial charge in [0.1, 0.15) is 0 Å². The number of nitrogens with zero attached hydrogens (tertiary/aromatic N) is 3. The first-order valence-electron chi connectivity index (χ1n) is 9.51. The fourth-order valence-electron chi connectivity index (χ4n) is 3.50. The third-order valence-corrected chi connectivity index (χ3v) is 5.67. The van der Waals surface area contributed by atoms with Crippen LogP contribution in [0.1, 0.15) is 30.4 Å². The first-order chi connectivity index (χ1) is 13.5. The van der Waals surface area contributed by atoms with Crippen LogP contribution >= 0.6 is 15.9 Å². The molecule has 1 heterocycles. The standard InChI is InChI=1S/C22H22BrN3O2/c1-15-4-2-7-19-21(15)24-14-25(22(19)28)11-10-20(27)26(18-8-9-18)13-16-5-3-6-17(23)12-16/h2-7,12,14,18H,8-11,13H2,1H3. The van der Waals surface area contributed by atoms with Crippen LogP contribution in [0.5, 0.6) is 0 Å². The Hall–Kier alpha value is -2.47. The zero-order chi connectivity index (χ0) is 19.7. The summed E-state index contributed by atoms with van der Waals surface area (Å²) in [6.45, 7) is 2.89. The summed E-state index contributed by atoms with van der Waals surface area (Å²) < 4.78 is 2.56. The van der Waals surface area contributed by atoms with Crippen LogP contribution in [0.2, 0.25) is 0 Å². The monoisotopic (exact) mass is 439 g/mol. The molecule has 3 aromatic rings. The Balaban J connectivity index is 1.49. The molecule has 1 saturated carbocycles. The van der Waals surface area contributed by atoms with Gasteiger partial charge in [-0.25, -0.2) is 4.98 Å². The maximum absolute atomic E-state index is 12.9. The molecular formula is C22H22BrN3O2. The summed E-state index contributed by atoms with van der Waals surface area (Å²) in [6, 6.07) is 14.0. The van der Waals surface area contributed by atoms with Crippen molar-refractivity contribution in [2.24, 2.45) is 0 Å². The van der Waals surface area contributed by atoms with Crippen molar-refractivity contribution in [1.82, 2.24) is 14.5 Å². The summed E-state index contributed by atoms with van der Waals surface area (Å²) in [7, 11) is 0. The summed E-state index contributed by atoms with van der Waals surface area (Å²) >= 11 is 3.49. The number of fused-ring (bicyclic) bond motifs is 1. The van der Waals surface area contributed by atoms with Crippen molar-refractivity contribution in [2.45, 2.75) is 45.3 Å². The SMILES string of the molecule is Cc1cccc2c(=O)n(CCC(=O)N(Cc3cccc(Br)c3)C3CC3)cnc12. The minimum absolute atomic E-state index is 0.0821. The highest BCUT2D eigenvalue weighted by molar-refractivity contribution is 9.10. The Morgan fingerprint density at radius 1 is 1.25 bits per heavy atom. The molecule has 1 amide bonds. The fourth-order valence-corrected chi connectivity index (χ4v) is 3.94. The molecule has 1 aliphatic carbocycles. The quantitative estimate of drug-likeness (QED) is 0.581. The average molecular weight is 440 g/mol. The Morgan fingerprint density at radius 3 is 2.79 bits per heavy atom. The number of rotatable bonds is 6. The average Bonchev–Trinajstić information content (AvgIpc) is 3.51. The van der Waals surface area contributed by atoms with Crippen molar-refractivity contribution in [3.05, 3.63) is 74.7 Å². The van der Waals surface area contributed by atoms with Crippen LogP contribution in [0.15, 0.2) is 58.1 Å². The molecule has 0 spiro atoms. The summed E-state index contributed by atoms with van der Waals surface area (Å²) in [5.41, 5.74) is 2.72. The first-order valence-corrected chi connectivity index (χ1v) is 10.3. The zero-order valence-electron chi connectivity index (χ0n) is 15.8. The maximum Gasteiger partial charge on any atom is 0.261 e. The summed E-state index contributed by atoms with van der Waals surface area (Å²) in [5.74, 6) is 0.0821. The molecule has 4 rings (SSSR count). The number of hydrogen-bond donors (Lipinski definition) is 0. The number of amides is 1. The minimum Gasteiger partial charge on any atom is -0.335 e. The van der Waals surface area contributed by atoms with Gasteiger partial charge in [-0.1, -0.05) is 40.2 Å². The lowest BCUT2D eigenvalue weighted by atomic mass is 10.1. The first kappa shape index (κ1) is 18.9. The molecule has 144 valence electrons. The van der Waals surface area contributed by atoms with Crippen LogP contribution in [0.4, 0.5) is 0 Å². The predicted octanol–water partition coefficient (Wildman–Crippen LogP) is 4.05. The normalized spacial score (nSPS) is 13.6. The molecule has 1 fully saturated rings. The van der Waals surface area contributed by atoms with Gasteiger partial charge in [0.15, 0.2) is 0 Å². The van der Waals surface area contributed by atoms with E-state index in [0.717, 1.165) is 34.0 Å². The highest BCUT2D eigenvalue weighted by Gasteiger charge is 2.32. The second-order valence-corrected chi connectivity index (χ2v) is 8.26. The topological polar surface area (TPSA) is 55.2 Å². The number of aryl methyl sites for hydroxylation is 2. The van der Waals surface area contributed by atoms with Gasteiger partial charge in [-0.2, -0.15) is 0 Å². The molecule has 0 atom stereocenters. The van der Waals surface area contributed by atoms with Gasteiger partial charge in [-0.3, -0.25) is 14.2 Å². The molecule has 6 heteroatoms. The van der Waals surface area contributed by atoms with Crippen molar-refractivity contribution in [3.63, 3.8) is 0 Å². The smallest absolute Gasteiger partial charge is 0.261 e. The number of benzene rings is 2. The summed E-state index contributed by atoms with van der Waals surface area (Å²) in [6.07, 6.45) is 3.96. The van der Waals surface area contributed by atoms with Crippen molar-refractivity contribution in [2.75, 3.05) is 0 Å². The number of aromatic nitrogens is 2. The fraction of sp³-hybridized carbons (Fsp3) is 0.318. The molecule has 1 aliphatic rings. The number of halogens is 1. The van der Waals surface area contributed by atoms with E-state index in [1.165, 1.54) is 0 Å². The van der Waals surface area contributed by atoms with E-state index in [1.54, 1.807) is 17.0 Å². The van der Waals surface area contributed by atoms with E-state index in [9.17, 15) is 9.59 Å². The molecule has 2 aromatic carbocycles. The molecule has 1 aromatic heterocycles. The molecular weight excluding hydrogens is 418 g/mol. The van der Waals surface area contributed by atoms with Gasteiger partial charge in [0.25, 0.3) is 5.56 Å². The Bertz CT molecular complexity index is 1090. The van der Waals surface area contributed by atoms with E-state index in [2.05, 4.69) is 20.9 Å². The van der Waals surface area contributed by atoms with E-state index in [1.807, 2.05) is 48.2 Å². The Morgan fingerprint density at radius 2 is 2.04 bits per heavy atom. The van der Waals surface area contributed by atoms with E-state index in [-0.39, 0.29) is 11.5 Å². The molecule has 28 heavy (non-hydrogen) atoms. The third kappa shape index (κ3) is 4.02. The van der Waals surface area contributed by atoms with Gasteiger partial charge >= 0.3 is 0 Å². The zero-order valence-corrected chi connectivity index (χ0v) is 17.4. The molecule has 0 saturated heterocycles. The summed E-state index contributed by atoms with van der Waals surface area (Å²) in [4.78, 5) is 32.0. The molecule has 0 N–H and O–H groups in total. The third-order valence-electron chi connectivity index (χ3n) is 5.17. The Kier molecular flexibility index (Phi) is 5.31. The van der Waals surface area contributed by atoms with Crippen molar-refractivity contribution in [1.29, 1.82) is 0 Å². The minimum atomic E-state index is -0.0912. The number of hydrogen-bond acceptors (Lipinski definition) is 3. The van der Waals surface area contributed by atoms with Crippen molar-refractivity contribution < 1.29 is 4.79 Å². The summed E-state index contributed by atoms with van der Waals surface area (Å²) in [5, 5.41) is 0.600. The highest BCUT2D eigenvalue weighted by atomic mass is 79.9. The van der Waals surface area contributed by atoms with Crippen LogP contribution in [0.25, 0.3) is 10.9 Å². The molecule has 0 aliphatic heterocycles. The van der Waals surface area contributed by atoms with E-state index in [4.69, 9.17) is 0 Å². The van der Waals surface area contributed by atoms with Gasteiger partial charge in [-0.15, -0.1) is 0 Å². The van der Waals surface area contributed by atoms with Gasteiger partial charge in [0.05, 0.1) is 17.2 Å². The van der Waals surface area contributed by atoms with Gasteiger partial charge in [0, 0.05) is 30.0 Å². The number of carbonyl (C=O) groups is 1. The van der Waals surface area contributed by atoms with Crippen LogP contribution in [-0.2, 0) is 17.9 Å². The molecule has 0 bridgehead atoms. The lowest BCUT2D eigenvalue weighted by Crippen LogP contribution is -2.34. The second kappa shape index (κ2) is 7.87. The van der Waals surface area contributed by atoms with Crippen molar-refractivity contribution >= 4 is 32.7 Å². The lowest BCUT2D eigenvalue weighted by Gasteiger charge is -2.23. The number of para-hydroxylation sites is 1. The van der Waals surface area contributed by atoms with Gasteiger partial charge in [0.2, 0.25) is 5.91 Å². The van der Waals surface area contributed by atoms with Crippen LogP contribution in [0, 0.1) is 6.92 Å². The predicted molar refractivity (Wildman–Crippen MR) is 113 cm³/mol. The number of carbonyl (C=O) groups excluding carboxylic acids is 1. The largest absolute Gasteiger partial charge is 0.335 e. The molecule has 5 nitrogen and oxygen atoms in total. The maximum atomic E-state index is 12.9. The molecule has 0 unspecified atom stereocenters. The van der Waals surface area contributed by atoms with Crippen LogP contribution in [-0.4, -0.2) is 26.4 Å².